The Morgan fingerprint density at radius 2 is 2.05 bits per heavy atom. The zero-order valence-electron chi connectivity index (χ0n) is 21.4. The average molecular weight is 563 g/mol. The molecule has 2 aliphatic rings. The molecule has 6 rings (SSSR count). The topological polar surface area (TPSA) is 113 Å². The van der Waals surface area contributed by atoms with Crippen LogP contribution in [0.5, 0.6) is 0 Å². The van der Waals surface area contributed by atoms with E-state index in [9.17, 15) is 18.4 Å². The number of piperidine rings is 1. The summed E-state index contributed by atoms with van der Waals surface area (Å²) in [6.07, 6.45) is -0.451. The number of thiazole rings is 1. The molecular weight excluding hydrogens is 538 g/mol. The number of aromatic nitrogens is 3. The molecule has 2 saturated heterocycles. The third-order valence-corrected chi connectivity index (χ3v) is 8.42. The zero-order valence-corrected chi connectivity index (χ0v) is 22.3. The summed E-state index contributed by atoms with van der Waals surface area (Å²) in [5, 5.41) is 13.4. The summed E-state index contributed by atoms with van der Waals surface area (Å²) in [5.74, 6) is 0.499. The van der Waals surface area contributed by atoms with E-state index in [2.05, 4.69) is 21.4 Å². The monoisotopic (exact) mass is 562 g/mol. The number of amides is 1. The molecule has 0 radical (unpaired) electrons. The molecule has 1 amide bonds. The van der Waals surface area contributed by atoms with E-state index in [1.54, 1.807) is 52.8 Å². The minimum atomic E-state index is -2.64. The highest BCUT2D eigenvalue weighted by molar-refractivity contribution is 7.15. The first-order valence-electron chi connectivity index (χ1n) is 12.8. The molecule has 0 aliphatic carbocycles. The smallest absolute Gasteiger partial charge is 0.410 e. The van der Waals surface area contributed by atoms with Gasteiger partial charge in [-0.15, -0.1) is 11.3 Å². The molecule has 2 atom stereocenters. The van der Waals surface area contributed by atoms with E-state index in [0.29, 0.717) is 64.5 Å². The van der Waals surface area contributed by atoms with Crippen LogP contribution < -0.4 is 10.9 Å². The van der Waals surface area contributed by atoms with Crippen molar-refractivity contribution in [1.29, 1.82) is 5.26 Å². The lowest BCUT2D eigenvalue weighted by molar-refractivity contribution is 0.153. The normalized spacial score (nSPS) is 18.6. The van der Waals surface area contributed by atoms with Crippen molar-refractivity contribution in [3.8, 4) is 16.6 Å². The quantitative estimate of drug-likeness (QED) is 0.349. The fraction of sp³-hybridized carbons (Fsp3) is 0.321. The summed E-state index contributed by atoms with van der Waals surface area (Å²) in [5.41, 5.74) is 2.77. The maximum atomic E-state index is 13.7. The summed E-state index contributed by atoms with van der Waals surface area (Å²) < 4.78 is 33.5. The van der Waals surface area contributed by atoms with E-state index in [0.717, 1.165) is 16.9 Å². The van der Waals surface area contributed by atoms with Crippen LogP contribution in [-0.2, 0) is 11.3 Å². The van der Waals surface area contributed by atoms with Gasteiger partial charge in [0.15, 0.2) is 0 Å². The molecule has 204 valence electrons. The molecule has 1 N–H and O–H groups in total. The predicted molar refractivity (Wildman–Crippen MR) is 146 cm³/mol. The molecule has 0 saturated carbocycles. The first-order chi connectivity index (χ1) is 19.3. The van der Waals surface area contributed by atoms with Crippen LogP contribution in [0.2, 0.25) is 0 Å². The number of anilines is 1. The van der Waals surface area contributed by atoms with Gasteiger partial charge in [-0.1, -0.05) is 12.1 Å². The van der Waals surface area contributed by atoms with Crippen molar-refractivity contribution in [3.63, 3.8) is 0 Å². The molecule has 4 aromatic rings. The Morgan fingerprint density at radius 3 is 2.77 bits per heavy atom. The molecule has 4 heterocycles. The number of nitriles is 1. The van der Waals surface area contributed by atoms with Crippen LogP contribution in [-0.4, -0.2) is 50.8 Å². The van der Waals surface area contributed by atoms with Gasteiger partial charge in [-0.2, -0.15) is 5.26 Å². The maximum Gasteiger partial charge on any atom is 0.410 e. The molecular formula is C28H24F2N6O3S. The van der Waals surface area contributed by atoms with Gasteiger partial charge in [0.05, 0.1) is 40.0 Å². The van der Waals surface area contributed by atoms with Gasteiger partial charge in [0, 0.05) is 30.0 Å². The Bertz CT molecular complexity index is 1710. The van der Waals surface area contributed by atoms with Gasteiger partial charge in [0.25, 0.3) is 12.0 Å². The van der Waals surface area contributed by atoms with Crippen LogP contribution in [0.25, 0.3) is 21.5 Å². The first kappa shape index (κ1) is 25.9. The van der Waals surface area contributed by atoms with Gasteiger partial charge < -0.3 is 15.0 Å². The number of carbonyl (C=O) groups excluding carboxylic acids is 1. The third kappa shape index (κ3) is 4.77. The highest BCUT2D eigenvalue weighted by Gasteiger charge is 2.38. The number of cyclic esters (lactones) is 1. The molecule has 0 bridgehead atoms. The Kier molecular flexibility index (Phi) is 6.67. The van der Waals surface area contributed by atoms with Gasteiger partial charge >= 0.3 is 6.09 Å². The average Bonchev–Trinajstić information content (AvgIpc) is 3.59. The van der Waals surface area contributed by atoms with Crippen LogP contribution in [0, 0.1) is 18.3 Å². The van der Waals surface area contributed by atoms with Crippen LogP contribution in [0.15, 0.2) is 47.4 Å². The van der Waals surface area contributed by atoms with Gasteiger partial charge in [-0.25, -0.2) is 23.5 Å². The van der Waals surface area contributed by atoms with Crippen molar-refractivity contribution in [1.82, 2.24) is 19.4 Å². The van der Waals surface area contributed by atoms with Crippen molar-refractivity contribution in [2.45, 2.75) is 44.8 Å². The highest BCUT2D eigenvalue weighted by Crippen LogP contribution is 2.38. The number of nitrogens with one attached hydrogen (secondary N) is 1. The summed E-state index contributed by atoms with van der Waals surface area (Å²) in [6.45, 7) is 2.89. The van der Waals surface area contributed by atoms with Gasteiger partial charge in [0.1, 0.15) is 17.4 Å². The van der Waals surface area contributed by atoms with Gasteiger partial charge in [-0.3, -0.25) is 9.36 Å². The van der Waals surface area contributed by atoms with Crippen LogP contribution in [0.1, 0.15) is 41.1 Å². The van der Waals surface area contributed by atoms with E-state index >= 15 is 0 Å². The van der Waals surface area contributed by atoms with Crippen molar-refractivity contribution in [2.75, 3.05) is 18.5 Å². The van der Waals surface area contributed by atoms with Gasteiger partial charge in [-0.05, 0) is 49.6 Å². The van der Waals surface area contributed by atoms with Crippen molar-refractivity contribution < 1.29 is 18.3 Å². The molecule has 2 aromatic carbocycles. The summed E-state index contributed by atoms with van der Waals surface area (Å²) in [7, 11) is 0. The van der Waals surface area contributed by atoms with Crippen molar-refractivity contribution in [2.24, 2.45) is 0 Å². The molecule has 40 heavy (non-hydrogen) atoms. The molecule has 2 fully saturated rings. The van der Waals surface area contributed by atoms with E-state index in [1.165, 1.54) is 6.20 Å². The molecule has 2 aliphatic heterocycles. The van der Waals surface area contributed by atoms with E-state index in [1.807, 2.05) is 0 Å². The zero-order chi connectivity index (χ0) is 28.0. The first-order valence-corrected chi connectivity index (χ1v) is 13.6. The third-order valence-electron chi connectivity index (χ3n) is 7.39. The number of benzene rings is 2. The molecule has 9 nitrogen and oxygen atoms in total. The second-order valence-electron chi connectivity index (χ2n) is 9.93. The molecule has 12 heteroatoms. The van der Waals surface area contributed by atoms with E-state index in [-0.39, 0.29) is 35.2 Å². The van der Waals surface area contributed by atoms with E-state index < -0.39 is 6.43 Å². The number of aryl methyl sites for hydroxylation is 1. The summed E-state index contributed by atoms with van der Waals surface area (Å²) in [4.78, 5) is 36.2. The highest BCUT2D eigenvalue weighted by atomic mass is 32.1. The number of ether oxygens (including phenoxy) is 1. The minimum Gasteiger partial charge on any atom is -0.447 e. The number of alkyl halides is 2. The lowest BCUT2D eigenvalue weighted by Gasteiger charge is -2.33. The molecule has 2 aromatic heterocycles. The minimum absolute atomic E-state index is 0.0271. The number of nitrogens with zero attached hydrogens (tertiary/aromatic N) is 5. The lowest BCUT2D eigenvalue weighted by Crippen LogP contribution is -2.45. The SMILES string of the molecule is Cc1nc2cc(-c3ncc(C(F)F)s3)c(N[C@H]3CCN4C(=O)OC[C@@H]4C3)cc2c(=O)n1Cc1ccc(C#N)cc1. The van der Waals surface area contributed by atoms with Gasteiger partial charge in [0.2, 0.25) is 0 Å². The Morgan fingerprint density at radius 1 is 1.25 bits per heavy atom. The predicted octanol–water partition coefficient (Wildman–Crippen LogP) is 5.08. The molecule has 0 unspecified atom stereocenters. The number of halogens is 2. The molecule has 0 spiro atoms. The number of carbonyl (C=O) groups is 1. The summed E-state index contributed by atoms with van der Waals surface area (Å²) >= 11 is 0.903. The van der Waals surface area contributed by atoms with Crippen LogP contribution >= 0.6 is 11.3 Å². The maximum absolute atomic E-state index is 13.7. The standard InChI is InChI=1S/C28H24F2N6O3S/c1-15-33-23-9-20(26-32-12-24(40-26)25(29)30)22(34-18-6-7-35-19(8-18)14-39-28(35)38)10-21(23)27(37)36(15)13-17-4-2-16(11-31)3-5-17/h2-5,9-10,12,18-19,25,34H,6-8,13-14H2,1H3/t18-,19-/m0/s1. The lowest BCUT2D eigenvalue weighted by atomic mass is 9.97. The number of fused-ring (bicyclic) bond motifs is 2. The van der Waals surface area contributed by atoms with Crippen molar-refractivity contribution >= 4 is 34.0 Å². The Balaban J connectivity index is 1.41. The van der Waals surface area contributed by atoms with Crippen LogP contribution in [0.3, 0.4) is 0 Å². The number of hydrogen-bond donors (Lipinski definition) is 1. The fourth-order valence-electron chi connectivity index (χ4n) is 5.29. The number of rotatable bonds is 6. The Labute approximate surface area is 231 Å². The largest absolute Gasteiger partial charge is 0.447 e. The summed E-state index contributed by atoms with van der Waals surface area (Å²) in [6, 6.07) is 12.5. The Hall–Kier alpha value is -4.37. The second-order valence-corrected chi connectivity index (χ2v) is 11.0. The second kappa shape index (κ2) is 10.3. The van der Waals surface area contributed by atoms with E-state index in [4.69, 9.17) is 10.00 Å². The van der Waals surface area contributed by atoms with Crippen LogP contribution in [0.4, 0.5) is 19.3 Å². The van der Waals surface area contributed by atoms with Crippen molar-refractivity contribution in [3.05, 3.63) is 74.8 Å². The number of hydrogen-bond acceptors (Lipinski definition) is 8. The fourth-order valence-corrected chi connectivity index (χ4v) is 6.09.